The quantitative estimate of drug-likeness (QED) is 0.458. The smallest absolute Gasteiger partial charge is 0.407 e. The van der Waals surface area contributed by atoms with Crippen LogP contribution in [0.15, 0.2) is 72.8 Å². The zero-order chi connectivity index (χ0) is 24.8. The molecule has 3 aromatic carbocycles. The minimum Gasteiger partial charge on any atom is -0.497 e. The van der Waals surface area contributed by atoms with Gasteiger partial charge in [0.05, 0.1) is 13.5 Å². The lowest BCUT2D eigenvalue weighted by atomic mass is 9.98. The topological polar surface area (TPSA) is 117 Å². The molecule has 35 heavy (non-hydrogen) atoms. The van der Waals surface area contributed by atoms with E-state index in [9.17, 15) is 14.4 Å². The highest BCUT2D eigenvalue weighted by atomic mass is 16.6. The molecule has 1 aliphatic carbocycles. The Hall–Kier alpha value is -4.33. The maximum absolute atomic E-state index is 12.6. The maximum Gasteiger partial charge on any atom is 0.407 e. The molecule has 0 spiro atoms. The Labute approximate surface area is 203 Å². The molecule has 0 saturated heterocycles. The minimum absolute atomic E-state index is 0.0372. The largest absolute Gasteiger partial charge is 0.497 e. The summed E-state index contributed by atoms with van der Waals surface area (Å²) in [6.07, 6.45) is -1.24. The molecule has 2 amide bonds. The monoisotopic (exact) mass is 474 g/mol. The normalized spacial score (nSPS) is 12.7. The second-order valence-electron chi connectivity index (χ2n) is 8.15. The van der Waals surface area contributed by atoms with E-state index in [-0.39, 0.29) is 19.1 Å². The lowest BCUT2D eigenvalue weighted by molar-refractivity contribution is -0.148. The first kappa shape index (κ1) is 23.8. The van der Waals surface area contributed by atoms with Gasteiger partial charge in [0.15, 0.2) is 0 Å². The molecule has 0 fully saturated rings. The number of hydrogen-bond acceptors (Lipinski definition) is 6. The van der Waals surface area contributed by atoms with Gasteiger partial charge in [0.2, 0.25) is 5.91 Å². The van der Waals surface area contributed by atoms with Gasteiger partial charge in [-0.05, 0) is 39.9 Å². The van der Waals surface area contributed by atoms with E-state index in [1.807, 2.05) is 48.5 Å². The number of methoxy groups -OCH3 is 1. The number of alkyl carbamates (subject to hydrolysis) is 1. The van der Waals surface area contributed by atoms with Gasteiger partial charge in [-0.3, -0.25) is 4.79 Å². The maximum atomic E-state index is 12.6. The van der Waals surface area contributed by atoms with Gasteiger partial charge in [-0.25, -0.2) is 9.59 Å². The van der Waals surface area contributed by atoms with Crippen LogP contribution in [0.3, 0.4) is 0 Å². The highest BCUT2D eigenvalue weighted by Crippen LogP contribution is 2.44. The Morgan fingerprint density at radius 3 is 2.06 bits per heavy atom. The molecule has 1 aliphatic rings. The lowest BCUT2D eigenvalue weighted by Gasteiger charge is -2.18. The van der Waals surface area contributed by atoms with Crippen molar-refractivity contribution in [2.24, 2.45) is 5.73 Å². The number of nitrogens with two attached hydrogens (primary N) is 1. The fourth-order valence-corrected chi connectivity index (χ4v) is 4.15. The van der Waals surface area contributed by atoms with Gasteiger partial charge >= 0.3 is 12.1 Å². The van der Waals surface area contributed by atoms with Crippen molar-refractivity contribution < 1.29 is 28.6 Å². The first-order valence-corrected chi connectivity index (χ1v) is 11.2. The van der Waals surface area contributed by atoms with Crippen LogP contribution in [0.1, 0.15) is 29.0 Å². The van der Waals surface area contributed by atoms with Crippen LogP contribution in [0.2, 0.25) is 0 Å². The van der Waals surface area contributed by atoms with E-state index >= 15 is 0 Å². The molecule has 3 aromatic rings. The van der Waals surface area contributed by atoms with E-state index in [4.69, 9.17) is 19.9 Å². The van der Waals surface area contributed by atoms with Gasteiger partial charge in [-0.2, -0.15) is 0 Å². The SMILES string of the molecule is COc1ccc(COC(=O)[C@H](CC(N)=O)NC(=O)OCC2c3ccccc3-c3ccccc32)cc1. The van der Waals surface area contributed by atoms with Crippen LogP contribution in [-0.2, 0) is 25.7 Å². The second-order valence-corrected chi connectivity index (χ2v) is 8.15. The van der Waals surface area contributed by atoms with E-state index in [2.05, 4.69) is 5.32 Å². The van der Waals surface area contributed by atoms with Gasteiger partial charge in [0, 0.05) is 5.92 Å². The summed E-state index contributed by atoms with van der Waals surface area (Å²) in [7, 11) is 1.55. The van der Waals surface area contributed by atoms with Crippen LogP contribution in [0.25, 0.3) is 11.1 Å². The Morgan fingerprint density at radius 1 is 0.886 bits per heavy atom. The van der Waals surface area contributed by atoms with Gasteiger partial charge < -0.3 is 25.3 Å². The Balaban J connectivity index is 1.37. The van der Waals surface area contributed by atoms with E-state index < -0.39 is 30.4 Å². The summed E-state index contributed by atoms with van der Waals surface area (Å²) in [6.45, 7) is 0.0362. The standard InChI is InChI=1S/C27H26N2O6/c1-33-18-12-10-17(11-13-18)15-34-26(31)24(14-25(28)30)29-27(32)35-16-23-21-8-4-2-6-19(21)20-7-3-5-9-22(20)23/h2-13,23-24H,14-16H2,1H3,(H2,28,30)(H,29,32)/t24-/m0/s1. The number of primary amides is 1. The minimum atomic E-state index is -1.26. The van der Waals surface area contributed by atoms with Crippen molar-refractivity contribution in [3.63, 3.8) is 0 Å². The van der Waals surface area contributed by atoms with Crippen LogP contribution in [0.5, 0.6) is 5.75 Å². The second kappa shape index (κ2) is 10.7. The summed E-state index contributed by atoms with van der Waals surface area (Å²) < 4.78 is 15.8. The van der Waals surface area contributed by atoms with Crippen molar-refractivity contribution in [2.45, 2.75) is 25.0 Å². The molecule has 1 atom stereocenters. The summed E-state index contributed by atoms with van der Waals surface area (Å²) in [5.41, 5.74) is 10.3. The highest BCUT2D eigenvalue weighted by Gasteiger charge is 2.30. The van der Waals surface area contributed by atoms with Crippen molar-refractivity contribution in [1.29, 1.82) is 0 Å². The van der Waals surface area contributed by atoms with Crippen LogP contribution >= 0.6 is 0 Å². The zero-order valence-electron chi connectivity index (χ0n) is 19.2. The molecule has 8 heteroatoms. The average molecular weight is 475 g/mol. The molecular weight excluding hydrogens is 448 g/mol. The third kappa shape index (κ3) is 5.60. The van der Waals surface area contributed by atoms with Crippen LogP contribution < -0.4 is 15.8 Å². The molecular formula is C27H26N2O6. The fourth-order valence-electron chi connectivity index (χ4n) is 4.15. The van der Waals surface area contributed by atoms with Crippen LogP contribution in [0.4, 0.5) is 4.79 Å². The highest BCUT2D eigenvalue weighted by molar-refractivity contribution is 5.87. The number of nitrogens with one attached hydrogen (secondary N) is 1. The number of amides is 2. The molecule has 8 nitrogen and oxygen atoms in total. The summed E-state index contributed by atoms with van der Waals surface area (Å²) >= 11 is 0. The number of rotatable bonds is 9. The fraction of sp³-hybridized carbons (Fsp3) is 0.222. The van der Waals surface area contributed by atoms with Crippen LogP contribution in [-0.4, -0.2) is 37.7 Å². The zero-order valence-corrected chi connectivity index (χ0v) is 19.2. The number of fused-ring (bicyclic) bond motifs is 3. The predicted octanol–water partition coefficient (Wildman–Crippen LogP) is 3.52. The van der Waals surface area contributed by atoms with Gasteiger partial charge in [0.25, 0.3) is 0 Å². The summed E-state index contributed by atoms with van der Waals surface area (Å²) in [5, 5.41) is 2.42. The molecule has 0 heterocycles. The van der Waals surface area contributed by atoms with Crippen molar-refractivity contribution in [3.05, 3.63) is 89.5 Å². The molecule has 0 aromatic heterocycles. The first-order chi connectivity index (χ1) is 17.0. The molecule has 0 unspecified atom stereocenters. The van der Waals surface area contributed by atoms with Crippen molar-refractivity contribution in [3.8, 4) is 16.9 Å². The van der Waals surface area contributed by atoms with E-state index in [1.54, 1.807) is 31.4 Å². The molecule has 0 radical (unpaired) electrons. The Morgan fingerprint density at radius 2 is 1.49 bits per heavy atom. The first-order valence-electron chi connectivity index (χ1n) is 11.2. The summed E-state index contributed by atoms with van der Waals surface area (Å²) in [4.78, 5) is 36.6. The Kier molecular flexibility index (Phi) is 7.30. The molecule has 0 aliphatic heterocycles. The lowest BCUT2D eigenvalue weighted by Crippen LogP contribution is -2.44. The van der Waals surface area contributed by atoms with E-state index in [1.165, 1.54) is 0 Å². The van der Waals surface area contributed by atoms with Crippen molar-refractivity contribution >= 4 is 18.0 Å². The third-order valence-corrected chi connectivity index (χ3v) is 5.87. The predicted molar refractivity (Wildman–Crippen MR) is 129 cm³/mol. The Bertz CT molecular complexity index is 1180. The number of ether oxygens (including phenoxy) is 3. The number of hydrogen-bond donors (Lipinski definition) is 2. The van der Waals surface area contributed by atoms with Gasteiger partial charge in [0.1, 0.15) is 25.0 Å². The third-order valence-electron chi connectivity index (χ3n) is 5.87. The molecule has 4 rings (SSSR count). The number of esters is 1. The molecule has 0 saturated carbocycles. The number of carbonyl (C=O) groups excluding carboxylic acids is 3. The van der Waals surface area contributed by atoms with Gasteiger partial charge in [-0.1, -0.05) is 60.7 Å². The molecule has 0 bridgehead atoms. The van der Waals surface area contributed by atoms with Crippen LogP contribution in [0, 0.1) is 0 Å². The number of benzene rings is 3. The molecule has 180 valence electrons. The van der Waals surface area contributed by atoms with Crippen molar-refractivity contribution in [1.82, 2.24) is 5.32 Å². The molecule has 3 N–H and O–H groups in total. The van der Waals surface area contributed by atoms with Crippen molar-refractivity contribution in [2.75, 3.05) is 13.7 Å². The summed E-state index contributed by atoms with van der Waals surface area (Å²) in [5.74, 6) is -1.00. The van der Waals surface area contributed by atoms with E-state index in [0.29, 0.717) is 5.75 Å². The number of carbonyl (C=O) groups is 3. The van der Waals surface area contributed by atoms with Gasteiger partial charge in [-0.15, -0.1) is 0 Å². The average Bonchev–Trinajstić information content (AvgIpc) is 3.19. The van der Waals surface area contributed by atoms with E-state index in [0.717, 1.165) is 27.8 Å². The summed E-state index contributed by atoms with van der Waals surface area (Å²) in [6, 6.07) is 21.6.